The highest BCUT2D eigenvalue weighted by Gasteiger charge is 2.23. The second kappa shape index (κ2) is 5.98. The molecule has 0 radical (unpaired) electrons. The number of carbonyl (C=O) groups is 1. The third kappa shape index (κ3) is 3.31. The largest absolute Gasteiger partial charge is 0.394 e. The molecule has 1 fully saturated rings. The zero-order valence-corrected chi connectivity index (χ0v) is 10.6. The van der Waals surface area contributed by atoms with Crippen LogP contribution in [0.5, 0.6) is 0 Å². The van der Waals surface area contributed by atoms with Gasteiger partial charge in [-0.15, -0.1) is 0 Å². The summed E-state index contributed by atoms with van der Waals surface area (Å²) < 4.78 is 5.33. The lowest BCUT2D eigenvalue weighted by Crippen LogP contribution is -2.47. The lowest BCUT2D eigenvalue weighted by molar-refractivity contribution is -0.139. The third-order valence-corrected chi connectivity index (χ3v) is 3.17. The normalized spacial score (nSPS) is 19.9. The van der Waals surface area contributed by atoms with E-state index in [9.17, 15) is 4.79 Å². The van der Waals surface area contributed by atoms with Gasteiger partial charge in [-0.05, 0) is 12.5 Å². The summed E-state index contributed by atoms with van der Waals surface area (Å²) in [5.41, 5.74) is 2.22. The van der Waals surface area contributed by atoms with Gasteiger partial charge in [0.2, 0.25) is 5.91 Å². The van der Waals surface area contributed by atoms with Crippen molar-refractivity contribution in [1.82, 2.24) is 4.90 Å². The zero-order chi connectivity index (χ0) is 13.0. The maximum atomic E-state index is 12.1. The monoisotopic (exact) mass is 249 g/mol. The fraction of sp³-hybridized carbons (Fsp3) is 0.500. The lowest BCUT2D eigenvalue weighted by Gasteiger charge is -2.32. The minimum atomic E-state index is -0.235. The molecule has 1 aliphatic heterocycles. The predicted molar refractivity (Wildman–Crippen MR) is 68.3 cm³/mol. The first kappa shape index (κ1) is 13.1. The van der Waals surface area contributed by atoms with Gasteiger partial charge in [0.1, 0.15) is 0 Å². The number of amides is 1. The average Bonchev–Trinajstić information content (AvgIpc) is 2.41. The number of benzene rings is 1. The van der Waals surface area contributed by atoms with E-state index in [0.717, 1.165) is 5.56 Å². The van der Waals surface area contributed by atoms with Crippen LogP contribution in [0, 0.1) is 6.92 Å². The van der Waals surface area contributed by atoms with E-state index in [1.807, 2.05) is 31.2 Å². The Hall–Kier alpha value is -1.39. The molecule has 1 N–H and O–H groups in total. The van der Waals surface area contributed by atoms with Crippen molar-refractivity contribution in [2.24, 2.45) is 0 Å². The van der Waals surface area contributed by atoms with Gasteiger partial charge < -0.3 is 14.7 Å². The van der Waals surface area contributed by atoms with E-state index in [4.69, 9.17) is 9.84 Å². The average molecular weight is 249 g/mol. The Kier molecular flexibility index (Phi) is 4.33. The van der Waals surface area contributed by atoms with Crippen LogP contribution in [0.1, 0.15) is 11.1 Å². The van der Waals surface area contributed by atoms with Crippen molar-refractivity contribution in [3.8, 4) is 0 Å². The molecule has 1 heterocycles. The van der Waals surface area contributed by atoms with Crippen LogP contribution in [-0.4, -0.2) is 48.3 Å². The topological polar surface area (TPSA) is 49.8 Å². The van der Waals surface area contributed by atoms with Gasteiger partial charge in [-0.1, -0.05) is 29.8 Å². The maximum Gasteiger partial charge on any atom is 0.227 e. The van der Waals surface area contributed by atoms with E-state index >= 15 is 0 Å². The third-order valence-electron chi connectivity index (χ3n) is 3.17. The van der Waals surface area contributed by atoms with Crippen molar-refractivity contribution in [1.29, 1.82) is 0 Å². The molecular weight excluding hydrogens is 230 g/mol. The molecule has 1 unspecified atom stereocenters. The lowest BCUT2D eigenvalue weighted by atomic mass is 10.1. The zero-order valence-electron chi connectivity index (χ0n) is 10.6. The van der Waals surface area contributed by atoms with Gasteiger partial charge in [0.15, 0.2) is 0 Å². The van der Waals surface area contributed by atoms with E-state index in [0.29, 0.717) is 26.1 Å². The Morgan fingerprint density at radius 2 is 2.17 bits per heavy atom. The second-order valence-electron chi connectivity index (χ2n) is 4.68. The van der Waals surface area contributed by atoms with Crippen LogP contribution in [0.3, 0.4) is 0 Å². The van der Waals surface area contributed by atoms with E-state index in [2.05, 4.69) is 0 Å². The smallest absolute Gasteiger partial charge is 0.227 e. The van der Waals surface area contributed by atoms with Crippen molar-refractivity contribution >= 4 is 5.91 Å². The SMILES string of the molecule is Cc1ccc(CC(=O)N2CCOC(CO)C2)cc1. The van der Waals surface area contributed by atoms with Crippen LogP contribution in [0.2, 0.25) is 0 Å². The van der Waals surface area contributed by atoms with Gasteiger partial charge >= 0.3 is 0 Å². The van der Waals surface area contributed by atoms with Gasteiger partial charge in [0, 0.05) is 13.1 Å². The first-order chi connectivity index (χ1) is 8.69. The number of hydrogen-bond donors (Lipinski definition) is 1. The first-order valence-corrected chi connectivity index (χ1v) is 6.25. The molecule has 4 nitrogen and oxygen atoms in total. The Morgan fingerprint density at radius 1 is 1.44 bits per heavy atom. The highest BCUT2D eigenvalue weighted by molar-refractivity contribution is 5.78. The molecule has 1 atom stereocenters. The van der Waals surface area contributed by atoms with Gasteiger partial charge in [-0.2, -0.15) is 0 Å². The summed E-state index contributed by atoms with van der Waals surface area (Å²) in [6.07, 6.45) is 0.180. The minimum absolute atomic E-state index is 0.0334. The number of hydrogen-bond acceptors (Lipinski definition) is 3. The highest BCUT2D eigenvalue weighted by atomic mass is 16.5. The molecule has 98 valence electrons. The van der Waals surface area contributed by atoms with E-state index in [-0.39, 0.29) is 18.6 Å². The maximum absolute atomic E-state index is 12.1. The summed E-state index contributed by atoms with van der Waals surface area (Å²) in [6, 6.07) is 7.99. The van der Waals surface area contributed by atoms with Crippen LogP contribution >= 0.6 is 0 Å². The van der Waals surface area contributed by atoms with Crippen molar-refractivity contribution < 1.29 is 14.6 Å². The Balaban J connectivity index is 1.93. The van der Waals surface area contributed by atoms with Gasteiger partial charge in [0.25, 0.3) is 0 Å². The van der Waals surface area contributed by atoms with Crippen LogP contribution in [0.4, 0.5) is 0 Å². The molecule has 0 bridgehead atoms. The van der Waals surface area contributed by atoms with Crippen molar-refractivity contribution in [3.05, 3.63) is 35.4 Å². The molecule has 0 aliphatic carbocycles. The number of morpholine rings is 1. The van der Waals surface area contributed by atoms with Gasteiger partial charge in [0.05, 0.1) is 25.7 Å². The van der Waals surface area contributed by atoms with Gasteiger partial charge in [-0.25, -0.2) is 0 Å². The van der Waals surface area contributed by atoms with Crippen LogP contribution in [-0.2, 0) is 16.0 Å². The molecule has 0 spiro atoms. The molecule has 18 heavy (non-hydrogen) atoms. The molecular formula is C14H19NO3. The molecule has 1 aliphatic rings. The highest BCUT2D eigenvalue weighted by Crippen LogP contribution is 2.09. The number of aliphatic hydroxyl groups excluding tert-OH is 1. The standard InChI is InChI=1S/C14H19NO3/c1-11-2-4-12(5-3-11)8-14(17)15-6-7-18-13(9-15)10-16/h2-5,13,16H,6-10H2,1H3. The molecule has 1 aromatic rings. The Labute approximate surface area is 107 Å². The molecule has 1 amide bonds. The quantitative estimate of drug-likeness (QED) is 0.860. The number of rotatable bonds is 3. The summed E-state index contributed by atoms with van der Waals surface area (Å²) in [4.78, 5) is 13.9. The number of nitrogens with zero attached hydrogens (tertiary/aromatic N) is 1. The van der Waals surface area contributed by atoms with Gasteiger partial charge in [-0.3, -0.25) is 4.79 Å². The van der Waals surface area contributed by atoms with E-state index in [1.165, 1.54) is 5.56 Å². The van der Waals surface area contributed by atoms with E-state index < -0.39 is 0 Å². The van der Waals surface area contributed by atoms with E-state index in [1.54, 1.807) is 4.90 Å². The Bertz CT molecular complexity index is 402. The summed E-state index contributed by atoms with van der Waals surface area (Å²) in [7, 11) is 0. The fourth-order valence-corrected chi connectivity index (χ4v) is 2.05. The molecule has 4 heteroatoms. The minimum Gasteiger partial charge on any atom is -0.394 e. The summed E-state index contributed by atoms with van der Waals surface area (Å²) in [6.45, 7) is 3.60. The number of aliphatic hydroxyl groups is 1. The van der Waals surface area contributed by atoms with Crippen molar-refractivity contribution in [2.75, 3.05) is 26.3 Å². The molecule has 0 aromatic heterocycles. The van der Waals surface area contributed by atoms with Crippen LogP contribution < -0.4 is 0 Å². The van der Waals surface area contributed by atoms with Crippen LogP contribution in [0.15, 0.2) is 24.3 Å². The predicted octanol–water partition coefficient (Wildman–Crippen LogP) is 0.757. The number of ether oxygens (including phenoxy) is 1. The molecule has 0 saturated carbocycles. The fourth-order valence-electron chi connectivity index (χ4n) is 2.05. The molecule has 1 saturated heterocycles. The number of carbonyl (C=O) groups excluding carboxylic acids is 1. The molecule has 2 rings (SSSR count). The number of aryl methyl sites for hydroxylation is 1. The van der Waals surface area contributed by atoms with Crippen molar-refractivity contribution in [2.45, 2.75) is 19.4 Å². The second-order valence-corrected chi connectivity index (χ2v) is 4.68. The van der Waals surface area contributed by atoms with Crippen molar-refractivity contribution in [3.63, 3.8) is 0 Å². The molecule has 1 aromatic carbocycles. The summed E-state index contributed by atoms with van der Waals surface area (Å²) in [5.74, 6) is 0.0978. The van der Waals surface area contributed by atoms with Crippen LogP contribution in [0.25, 0.3) is 0 Å². The first-order valence-electron chi connectivity index (χ1n) is 6.25. The summed E-state index contributed by atoms with van der Waals surface area (Å²) >= 11 is 0. The Morgan fingerprint density at radius 3 is 2.83 bits per heavy atom. The summed E-state index contributed by atoms with van der Waals surface area (Å²) in [5, 5.41) is 9.05.